The fourth-order valence-corrected chi connectivity index (χ4v) is 2.60. The van der Waals surface area contributed by atoms with Crippen LogP contribution in [0.5, 0.6) is 0 Å². The Bertz CT molecular complexity index is 1070. The van der Waals surface area contributed by atoms with Crippen LogP contribution in [0.1, 0.15) is 21.5 Å². The number of hydrogen-bond acceptors (Lipinski definition) is 4. The van der Waals surface area contributed by atoms with Gasteiger partial charge in [-0.2, -0.15) is 0 Å². The Balaban J connectivity index is 1.94. The molecule has 3 rings (SSSR count). The van der Waals surface area contributed by atoms with Gasteiger partial charge in [-0.05, 0) is 37.6 Å². The highest BCUT2D eigenvalue weighted by molar-refractivity contribution is 6.05. The summed E-state index contributed by atoms with van der Waals surface area (Å²) in [5, 5.41) is 14.4. The summed E-state index contributed by atoms with van der Waals surface area (Å²) in [7, 11) is 0. The minimum Gasteiger partial charge on any atom is -0.322 e. The second kappa shape index (κ2) is 6.20. The van der Waals surface area contributed by atoms with Crippen LogP contribution in [-0.4, -0.2) is 15.8 Å². The first-order valence-corrected chi connectivity index (χ1v) is 7.56. The fraction of sp³-hybridized carbons (Fsp3) is 0.111. The zero-order chi connectivity index (χ0) is 18.1. The van der Waals surface area contributed by atoms with Crippen molar-refractivity contribution in [2.24, 2.45) is 0 Å². The zero-order valence-electron chi connectivity index (χ0n) is 13.6. The molecule has 0 radical (unpaired) electrons. The van der Waals surface area contributed by atoms with Crippen molar-refractivity contribution < 1.29 is 9.72 Å². The minimum atomic E-state index is -0.553. The summed E-state index contributed by atoms with van der Waals surface area (Å²) >= 11 is 0. The number of rotatable bonds is 3. The van der Waals surface area contributed by atoms with Gasteiger partial charge < -0.3 is 10.3 Å². The van der Waals surface area contributed by atoms with Crippen molar-refractivity contribution in [1.82, 2.24) is 4.98 Å². The van der Waals surface area contributed by atoms with E-state index in [9.17, 15) is 19.7 Å². The second-order valence-corrected chi connectivity index (χ2v) is 5.73. The molecule has 0 unspecified atom stereocenters. The van der Waals surface area contributed by atoms with E-state index in [2.05, 4.69) is 10.3 Å². The first-order valence-electron chi connectivity index (χ1n) is 7.56. The number of carbonyl (C=O) groups is 1. The Kier molecular flexibility index (Phi) is 4.06. The molecule has 0 saturated carbocycles. The molecule has 0 saturated heterocycles. The predicted molar refractivity (Wildman–Crippen MR) is 95.1 cm³/mol. The van der Waals surface area contributed by atoms with E-state index in [1.807, 2.05) is 13.0 Å². The lowest BCUT2D eigenvalue weighted by Crippen LogP contribution is -2.13. The number of hydrogen-bond donors (Lipinski definition) is 2. The van der Waals surface area contributed by atoms with E-state index in [4.69, 9.17) is 0 Å². The molecule has 25 heavy (non-hydrogen) atoms. The smallest absolute Gasteiger partial charge is 0.270 e. The number of nitrogens with zero attached hydrogens (tertiary/aromatic N) is 1. The summed E-state index contributed by atoms with van der Waals surface area (Å²) < 4.78 is 0. The van der Waals surface area contributed by atoms with Crippen molar-refractivity contribution >= 4 is 28.2 Å². The van der Waals surface area contributed by atoms with Crippen LogP contribution in [0.25, 0.3) is 10.9 Å². The number of nitro groups is 1. The van der Waals surface area contributed by atoms with E-state index >= 15 is 0 Å². The van der Waals surface area contributed by atoms with Crippen molar-refractivity contribution in [3.8, 4) is 0 Å². The molecule has 0 aliphatic carbocycles. The number of carbonyl (C=O) groups excluding carboxylic acids is 1. The molecule has 3 aromatic rings. The van der Waals surface area contributed by atoms with Crippen molar-refractivity contribution in [2.75, 3.05) is 5.32 Å². The molecule has 0 fully saturated rings. The topological polar surface area (TPSA) is 105 Å². The van der Waals surface area contributed by atoms with Gasteiger partial charge in [-0.3, -0.25) is 19.7 Å². The van der Waals surface area contributed by atoms with Gasteiger partial charge in [-0.15, -0.1) is 0 Å². The van der Waals surface area contributed by atoms with E-state index in [0.29, 0.717) is 16.8 Å². The van der Waals surface area contributed by atoms with Crippen LogP contribution >= 0.6 is 0 Å². The largest absolute Gasteiger partial charge is 0.322 e. The maximum absolute atomic E-state index is 12.3. The molecule has 2 aromatic carbocycles. The first kappa shape index (κ1) is 16.4. The minimum absolute atomic E-state index is 0.151. The number of anilines is 1. The molecule has 0 aliphatic heterocycles. The number of pyridine rings is 1. The number of fused-ring (bicyclic) bond motifs is 1. The number of aryl methyl sites for hydroxylation is 1. The fourth-order valence-electron chi connectivity index (χ4n) is 2.60. The third-order valence-corrected chi connectivity index (χ3v) is 4.15. The quantitative estimate of drug-likeness (QED) is 0.565. The highest BCUT2D eigenvalue weighted by atomic mass is 16.6. The number of H-pyrrole nitrogens is 1. The SMILES string of the molecule is Cc1c(C)c2ccc(NC(=O)c3cccc([N+](=O)[O-])c3)cc2[nH]c1=O. The monoisotopic (exact) mass is 337 g/mol. The van der Waals surface area contributed by atoms with Gasteiger partial charge in [0.15, 0.2) is 0 Å². The Hall–Kier alpha value is -3.48. The molecule has 0 atom stereocenters. The van der Waals surface area contributed by atoms with Gasteiger partial charge in [0.2, 0.25) is 0 Å². The standard InChI is InChI=1S/C18H15N3O4/c1-10-11(2)17(22)20-16-9-13(6-7-15(10)16)19-18(23)12-4-3-5-14(8-12)21(24)25/h3-9H,1-2H3,(H,19,23)(H,20,22). The van der Waals surface area contributed by atoms with Crippen LogP contribution in [0.3, 0.4) is 0 Å². The first-order chi connectivity index (χ1) is 11.9. The van der Waals surface area contributed by atoms with Crippen molar-refractivity contribution in [1.29, 1.82) is 0 Å². The van der Waals surface area contributed by atoms with Gasteiger partial charge in [-0.25, -0.2) is 0 Å². The van der Waals surface area contributed by atoms with Crippen LogP contribution in [0.4, 0.5) is 11.4 Å². The Morgan fingerprint density at radius 2 is 1.88 bits per heavy atom. The van der Waals surface area contributed by atoms with E-state index in [1.54, 1.807) is 19.1 Å². The number of amides is 1. The molecule has 1 aromatic heterocycles. The van der Waals surface area contributed by atoms with Gasteiger partial charge in [0.05, 0.1) is 10.4 Å². The van der Waals surface area contributed by atoms with Crippen molar-refractivity contribution in [2.45, 2.75) is 13.8 Å². The van der Waals surface area contributed by atoms with Gasteiger partial charge in [0.1, 0.15) is 0 Å². The summed E-state index contributed by atoms with van der Waals surface area (Å²) in [4.78, 5) is 37.2. The van der Waals surface area contributed by atoms with E-state index < -0.39 is 10.8 Å². The molecular weight excluding hydrogens is 322 g/mol. The summed E-state index contributed by atoms with van der Waals surface area (Å²) in [5.41, 5.74) is 2.50. The molecule has 1 amide bonds. The van der Waals surface area contributed by atoms with Gasteiger partial charge >= 0.3 is 0 Å². The third-order valence-electron chi connectivity index (χ3n) is 4.15. The molecule has 1 heterocycles. The highest BCUT2D eigenvalue weighted by Gasteiger charge is 2.12. The van der Waals surface area contributed by atoms with Crippen LogP contribution in [-0.2, 0) is 0 Å². The number of non-ortho nitro benzene ring substituents is 1. The maximum Gasteiger partial charge on any atom is 0.270 e. The van der Waals surface area contributed by atoms with Gasteiger partial charge in [-0.1, -0.05) is 12.1 Å². The van der Waals surface area contributed by atoms with E-state index in [1.165, 1.54) is 24.3 Å². The van der Waals surface area contributed by atoms with Crippen molar-refractivity contribution in [3.63, 3.8) is 0 Å². The molecule has 2 N–H and O–H groups in total. The Morgan fingerprint density at radius 3 is 2.60 bits per heavy atom. The molecule has 0 bridgehead atoms. The molecule has 7 nitrogen and oxygen atoms in total. The summed E-state index contributed by atoms with van der Waals surface area (Å²) in [6, 6.07) is 10.7. The maximum atomic E-state index is 12.3. The van der Waals surface area contributed by atoms with Crippen LogP contribution in [0.2, 0.25) is 0 Å². The molecule has 0 spiro atoms. The second-order valence-electron chi connectivity index (χ2n) is 5.73. The van der Waals surface area contributed by atoms with E-state index in [0.717, 1.165) is 10.9 Å². The lowest BCUT2D eigenvalue weighted by atomic mass is 10.1. The average Bonchev–Trinajstić information content (AvgIpc) is 2.59. The number of nitro benzene ring substituents is 1. The van der Waals surface area contributed by atoms with Crippen LogP contribution in [0.15, 0.2) is 47.3 Å². The average molecular weight is 337 g/mol. The van der Waals surface area contributed by atoms with Gasteiger partial charge in [0, 0.05) is 34.3 Å². The zero-order valence-corrected chi connectivity index (χ0v) is 13.6. The molecule has 0 aliphatic rings. The molecular formula is C18H15N3O4. The van der Waals surface area contributed by atoms with Crippen LogP contribution in [0, 0.1) is 24.0 Å². The Morgan fingerprint density at radius 1 is 1.12 bits per heavy atom. The number of aromatic amines is 1. The summed E-state index contributed by atoms with van der Waals surface area (Å²) in [5.74, 6) is -0.464. The number of benzene rings is 2. The lowest BCUT2D eigenvalue weighted by molar-refractivity contribution is -0.384. The van der Waals surface area contributed by atoms with E-state index in [-0.39, 0.29) is 16.8 Å². The predicted octanol–water partition coefficient (Wildman–Crippen LogP) is 3.31. The van der Waals surface area contributed by atoms with Gasteiger partial charge in [0.25, 0.3) is 17.2 Å². The van der Waals surface area contributed by atoms with Crippen LogP contribution < -0.4 is 10.9 Å². The molecule has 7 heteroatoms. The number of aromatic nitrogens is 1. The lowest BCUT2D eigenvalue weighted by Gasteiger charge is -2.09. The normalized spacial score (nSPS) is 10.6. The highest BCUT2D eigenvalue weighted by Crippen LogP contribution is 2.22. The third kappa shape index (κ3) is 3.12. The summed E-state index contributed by atoms with van der Waals surface area (Å²) in [6.07, 6.45) is 0. The Labute approximate surface area is 142 Å². The number of nitrogens with one attached hydrogen (secondary N) is 2. The van der Waals surface area contributed by atoms with Crippen molar-refractivity contribution in [3.05, 3.63) is 79.6 Å². The molecule has 126 valence electrons. The summed E-state index contributed by atoms with van der Waals surface area (Å²) in [6.45, 7) is 3.62.